The standard InChI is InChI=1S/C26H29Cl2N5O/c1-32-12-11-23-25(32)26(29-16-20-21(27)3-2-4-22(20)28)31-24(30-23)15-17-5-7-18(8-6-17)33-13-9-19(34)10-14-33/h2-3,5-8,11-12,19,22,34H,4,9-10,13-16H2,1H3,(H,29,30,31). The van der Waals surface area contributed by atoms with Gasteiger partial charge in [-0.1, -0.05) is 29.8 Å². The molecule has 3 aromatic rings. The van der Waals surface area contributed by atoms with E-state index in [1.165, 1.54) is 5.69 Å². The summed E-state index contributed by atoms with van der Waals surface area (Å²) in [4.78, 5) is 12.0. The number of nitrogens with zero attached hydrogens (tertiary/aromatic N) is 4. The Hall–Kier alpha value is -2.54. The Balaban J connectivity index is 1.35. The van der Waals surface area contributed by atoms with Gasteiger partial charge in [-0.3, -0.25) is 0 Å². The van der Waals surface area contributed by atoms with Gasteiger partial charge < -0.3 is 19.9 Å². The summed E-state index contributed by atoms with van der Waals surface area (Å²) in [5.41, 5.74) is 5.20. The maximum Gasteiger partial charge on any atom is 0.154 e. The molecular formula is C26H29Cl2N5O. The van der Waals surface area contributed by atoms with Gasteiger partial charge in [0.25, 0.3) is 0 Å². The molecule has 1 aliphatic heterocycles. The number of piperidine rings is 1. The van der Waals surface area contributed by atoms with Crippen molar-refractivity contribution in [3.8, 4) is 0 Å². The Bertz CT molecular complexity index is 1230. The molecule has 8 heteroatoms. The number of halogens is 2. The van der Waals surface area contributed by atoms with Gasteiger partial charge in [0.05, 0.1) is 17.0 Å². The number of alkyl halides is 1. The van der Waals surface area contributed by atoms with Crippen molar-refractivity contribution in [3.63, 3.8) is 0 Å². The highest BCUT2D eigenvalue weighted by Gasteiger charge is 2.19. The van der Waals surface area contributed by atoms with Gasteiger partial charge in [-0.2, -0.15) is 0 Å². The summed E-state index contributed by atoms with van der Waals surface area (Å²) in [7, 11) is 1.99. The zero-order chi connectivity index (χ0) is 23.7. The van der Waals surface area contributed by atoms with E-state index in [2.05, 4.69) is 34.5 Å². The zero-order valence-corrected chi connectivity index (χ0v) is 20.7. The first-order valence-corrected chi connectivity index (χ1v) is 12.6. The van der Waals surface area contributed by atoms with Crippen molar-refractivity contribution < 1.29 is 5.11 Å². The maximum absolute atomic E-state index is 9.75. The summed E-state index contributed by atoms with van der Waals surface area (Å²) in [5.74, 6) is 1.55. The third-order valence-corrected chi connectivity index (χ3v) is 7.44. The second kappa shape index (κ2) is 9.98. The number of hydrogen-bond acceptors (Lipinski definition) is 5. The van der Waals surface area contributed by atoms with Crippen LogP contribution in [0.15, 0.2) is 59.3 Å². The van der Waals surface area contributed by atoms with Crippen molar-refractivity contribution in [2.24, 2.45) is 7.05 Å². The molecule has 1 aromatic carbocycles. The van der Waals surface area contributed by atoms with Crippen LogP contribution >= 0.6 is 23.2 Å². The van der Waals surface area contributed by atoms with E-state index in [1.54, 1.807) is 0 Å². The molecular weight excluding hydrogens is 469 g/mol. The summed E-state index contributed by atoms with van der Waals surface area (Å²) in [6.45, 7) is 2.32. The van der Waals surface area contributed by atoms with Gasteiger partial charge in [-0.15, -0.1) is 11.6 Å². The minimum atomic E-state index is -0.166. The van der Waals surface area contributed by atoms with E-state index in [1.807, 2.05) is 36.0 Å². The van der Waals surface area contributed by atoms with E-state index in [-0.39, 0.29) is 11.5 Å². The highest BCUT2D eigenvalue weighted by molar-refractivity contribution is 6.33. The van der Waals surface area contributed by atoms with Crippen LogP contribution < -0.4 is 10.2 Å². The quantitative estimate of drug-likeness (QED) is 0.469. The van der Waals surface area contributed by atoms with Crippen molar-refractivity contribution in [1.29, 1.82) is 0 Å². The van der Waals surface area contributed by atoms with Crippen LogP contribution in [0.25, 0.3) is 11.0 Å². The Morgan fingerprint density at radius 3 is 2.62 bits per heavy atom. The average Bonchev–Trinajstić information content (AvgIpc) is 3.20. The predicted octanol–water partition coefficient (Wildman–Crippen LogP) is 4.99. The Labute approximate surface area is 209 Å². The highest BCUT2D eigenvalue weighted by atomic mass is 35.5. The van der Waals surface area contributed by atoms with Gasteiger partial charge in [-0.05, 0) is 54.7 Å². The minimum absolute atomic E-state index is 0.114. The minimum Gasteiger partial charge on any atom is -0.393 e. The van der Waals surface area contributed by atoms with Gasteiger partial charge in [0.2, 0.25) is 0 Å². The van der Waals surface area contributed by atoms with E-state index >= 15 is 0 Å². The first-order chi connectivity index (χ1) is 16.5. The molecule has 6 nitrogen and oxygen atoms in total. The Morgan fingerprint density at radius 1 is 1.12 bits per heavy atom. The lowest BCUT2D eigenvalue weighted by atomic mass is 10.0. The first kappa shape index (κ1) is 23.2. The fraction of sp³-hybridized carbons (Fsp3) is 0.385. The topological polar surface area (TPSA) is 66.2 Å². The molecule has 2 aliphatic rings. The zero-order valence-electron chi connectivity index (χ0n) is 19.2. The number of allylic oxidation sites excluding steroid dienone is 3. The monoisotopic (exact) mass is 497 g/mol. The van der Waals surface area contributed by atoms with Crippen LogP contribution in [0.2, 0.25) is 0 Å². The van der Waals surface area contributed by atoms with Crippen LogP contribution in [0.3, 0.4) is 0 Å². The van der Waals surface area contributed by atoms with Gasteiger partial charge in [0.1, 0.15) is 11.3 Å². The maximum atomic E-state index is 9.75. The van der Waals surface area contributed by atoms with Gasteiger partial charge in [0.15, 0.2) is 5.82 Å². The molecule has 1 saturated heterocycles. The molecule has 2 aromatic heterocycles. The summed E-state index contributed by atoms with van der Waals surface area (Å²) in [6.07, 6.45) is 8.81. The number of aliphatic hydroxyl groups is 1. The van der Waals surface area contributed by atoms with Crippen LogP contribution in [0.1, 0.15) is 30.7 Å². The van der Waals surface area contributed by atoms with Crippen LogP contribution in [-0.4, -0.2) is 50.8 Å². The number of aryl methyl sites for hydroxylation is 1. The van der Waals surface area contributed by atoms with E-state index in [0.717, 1.165) is 66.2 Å². The Kier molecular flexibility index (Phi) is 6.82. The molecule has 3 heterocycles. The average molecular weight is 498 g/mol. The van der Waals surface area contributed by atoms with E-state index < -0.39 is 0 Å². The molecule has 0 spiro atoms. The van der Waals surface area contributed by atoms with E-state index in [0.29, 0.717) is 18.0 Å². The molecule has 1 atom stereocenters. The number of benzene rings is 1. The van der Waals surface area contributed by atoms with E-state index in [9.17, 15) is 5.11 Å². The second-order valence-corrected chi connectivity index (χ2v) is 9.98. The Morgan fingerprint density at radius 2 is 1.88 bits per heavy atom. The molecule has 0 saturated carbocycles. The van der Waals surface area contributed by atoms with Crippen molar-refractivity contribution >= 4 is 45.7 Å². The number of aromatic nitrogens is 3. The normalized spacial score (nSPS) is 19.3. The van der Waals surface area contributed by atoms with Crippen molar-refractivity contribution in [2.45, 2.75) is 37.2 Å². The molecule has 0 radical (unpaired) electrons. The molecule has 0 bridgehead atoms. The lowest BCUT2D eigenvalue weighted by Gasteiger charge is -2.31. The number of rotatable bonds is 6. The number of nitrogens with one attached hydrogen (secondary N) is 1. The first-order valence-electron chi connectivity index (χ1n) is 11.7. The van der Waals surface area contributed by atoms with Crippen molar-refractivity contribution in [1.82, 2.24) is 14.5 Å². The van der Waals surface area contributed by atoms with Crippen molar-refractivity contribution in [2.75, 3.05) is 29.9 Å². The molecule has 1 aliphatic carbocycles. The molecule has 2 N–H and O–H groups in total. The van der Waals surface area contributed by atoms with Gasteiger partial charge in [0, 0.05) is 50.0 Å². The molecule has 1 unspecified atom stereocenters. The van der Waals surface area contributed by atoms with Crippen LogP contribution in [-0.2, 0) is 13.5 Å². The van der Waals surface area contributed by atoms with Crippen LogP contribution in [0.5, 0.6) is 0 Å². The number of hydrogen-bond donors (Lipinski definition) is 2. The van der Waals surface area contributed by atoms with Crippen LogP contribution in [0.4, 0.5) is 11.5 Å². The van der Waals surface area contributed by atoms with E-state index in [4.69, 9.17) is 33.2 Å². The third-order valence-electron chi connectivity index (χ3n) is 6.63. The number of anilines is 2. The number of fused-ring (bicyclic) bond motifs is 1. The molecule has 5 rings (SSSR count). The third kappa shape index (κ3) is 4.95. The van der Waals surface area contributed by atoms with Crippen LogP contribution in [0, 0.1) is 0 Å². The van der Waals surface area contributed by atoms with Gasteiger partial charge >= 0.3 is 0 Å². The fourth-order valence-electron chi connectivity index (χ4n) is 4.64. The number of aliphatic hydroxyl groups excluding tert-OH is 1. The summed E-state index contributed by atoms with van der Waals surface area (Å²) in [6, 6.07) is 10.6. The highest BCUT2D eigenvalue weighted by Crippen LogP contribution is 2.28. The lowest BCUT2D eigenvalue weighted by Crippen LogP contribution is -2.35. The SMILES string of the molecule is Cn1ccc2nc(Cc3ccc(N4CCC(O)CC4)cc3)nc(NCC3=C(Cl)C=CCC3Cl)c21. The molecule has 1 fully saturated rings. The largest absolute Gasteiger partial charge is 0.393 e. The lowest BCUT2D eigenvalue weighted by molar-refractivity contribution is 0.145. The molecule has 0 amide bonds. The predicted molar refractivity (Wildman–Crippen MR) is 140 cm³/mol. The van der Waals surface area contributed by atoms with Crippen molar-refractivity contribution in [3.05, 3.63) is 70.7 Å². The van der Waals surface area contributed by atoms with Gasteiger partial charge in [-0.25, -0.2) is 9.97 Å². The second-order valence-electron chi connectivity index (χ2n) is 9.04. The fourth-order valence-corrected chi connectivity index (χ4v) is 5.28. The summed E-state index contributed by atoms with van der Waals surface area (Å²) < 4.78 is 2.03. The summed E-state index contributed by atoms with van der Waals surface area (Å²) >= 11 is 12.9. The molecule has 34 heavy (non-hydrogen) atoms. The summed E-state index contributed by atoms with van der Waals surface area (Å²) in [5, 5.41) is 13.8. The smallest absolute Gasteiger partial charge is 0.154 e. The molecule has 178 valence electrons.